The lowest BCUT2D eigenvalue weighted by molar-refractivity contribution is -0.146. The zero-order valence-electron chi connectivity index (χ0n) is 12.5. The quantitative estimate of drug-likeness (QED) is 0.745. The summed E-state index contributed by atoms with van der Waals surface area (Å²) >= 11 is 0. The fraction of sp³-hybridized carbons (Fsp3) is 0.562. The Morgan fingerprint density at radius 2 is 1.67 bits per heavy atom. The zero-order chi connectivity index (χ0) is 14.1. The molecule has 0 aliphatic carbocycles. The molecule has 100 valence electrons. The molecule has 0 saturated carbocycles. The van der Waals surface area contributed by atoms with E-state index in [0.717, 1.165) is 11.1 Å². The van der Waals surface area contributed by atoms with Gasteiger partial charge < -0.3 is 4.74 Å². The molecule has 0 unspecified atom stereocenters. The van der Waals surface area contributed by atoms with Crippen LogP contribution in [0.1, 0.15) is 51.3 Å². The minimum absolute atomic E-state index is 0.0780. The summed E-state index contributed by atoms with van der Waals surface area (Å²) in [4.78, 5) is 11.9. The Bertz CT molecular complexity index is 451. The van der Waals surface area contributed by atoms with E-state index >= 15 is 0 Å². The first-order valence-corrected chi connectivity index (χ1v) is 6.30. The molecule has 1 aromatic carbocycles. The molecule has 0 spiro atoms. The van der Waals surface area contributed by atoms with Gasteiger partial charge in [0.15, 0.2) is 0 Å². The molecule has 0 amide bonds. The number of rotatable bonds is 2. The lowest BCUT2D eigenvalue weighted by atomic mass is 9.77. The molecule has 18 heavy (non-hydrogen) atoms. The van der Waals surface area contributed by atoms with Crippen molar-refractivity contribution in [3.05, 3.63) is 34.9 Å². The van der Waals surface area contributed by atoms with Crippen LogP contribution in [0.3, 0.4) is 0 Å². The van der Waals surface area contributed by atoms with E-state index in [9.17, 15) is 4.79 Å². The summed E-state index contributed by atoms with van der Waals surface area (Å²) in [5.74, 6) is -0.198. The number of hydrogen-bond acceptors (Lipinski definition) is 2. The molecule has 0 heterocycles. The smallest absolute Gasteiger partial charge is 0.315 e. The highest BCUT2D eigenvalue weighted by atomic mass is 16.5. The van der Waals surface area contributed by atoms with Crippen LogP contribution in [0.2, 0.25) is 0 Å². The van der Waals surface area contributed by atoms with Crippen LogP contribution >= 0.6 is 0 Å². The molecule has 0 saturated heterocycles. The Balaban J connectivity index is 3.36. The summed E-state index contributed by atoms with van der Waals surface area (Å²) in [6, 6.07) is 6.35. The van der Waals surface area contributed by atoms with Crippen LogP contribution in [-0.2, 0) is 20.4 Å². The molecule has 2 nitrogen and oxygen atoms in total. The second-order valence-electron chi connectivity index (χ2n) is 6.40. The maximum atomic E-state index is 11.9. The fourth-order valence-corrected chi connectivity index (χ4v) is 2.13. The minimum Gasteiger partial charge on any atom is -0.468 e. The molecule has 0 bridgehead atoms. The van der Waals surface area contributed by atoms with Gasteiger partial charge in [0.2, 0.25) is 0 Å². The summed E-state index contributed by atoms with van der Waals surface area (Å²) in [7, 11) is 1.44. The first kappa shape index (κ1) is 14.7. The van der Waals surface area contributed by atoms with E-state index in [2.05, 4.69) is 39.0 Å². The maximum absolute atomic E-state index is 11.9. The molecular weight excluding hydrogens is 224 g/mol. The SMILES string of the molecule is COC(=O)C(C)(C)c1cc(C(C)(C)C)ccc1C. The van der Waals surface area contributed by atoms with Crippen molar-refractivity contribution in [3.8, 4) is 0 Å². The number of aryl methyl sites for hydroxylation is 1. The molecule has 0 atom stereocenters. The standard InChI is InChI=1S/C16H24O2/c1-11-8-9-12(15(2,3)4)10-13(11)16(5,6)14(17)18-7/h8-10H,1-7H3. The Morgan fingerprint density at radius 1 is 1.11 bits per heavy atom. The molecule has 1 rings (SSSR count). The van der Waals surface area contributed by atoms with Gasteiger partial charge in [-0.2, -0.15) is 0 Å². The number of esters is 1. The van der Waals surface area contributed by atoms with Gasteiger partial charge in [-0.1, -0.05) is 39.0 Å². The van der Waals surface area contributed by atoms with Crippen molar-refractivity contribution >= 4 is 5.97 Å². The van der Waals surface area contributed by atoms with Crippen LogP contribution in [0.25, 0.3) is 0 Å². The third kappa shape index (κ3) is 2.74. The zero-order valence-corrected chi connectivity index (χ0v) is 12.5. The van der Waals surface area contributed by atoms with Gasteiger partial charge in [0, 0.05) is 0 Å². The molecule has 0 fully saturated rings. The van der Waals surface area contributed by atoms with Gasteiger partial charge in [-0.25, -0.2) is 0 Å². The van der Waals surface area contributed by atoms with Crippen molar-refractivity contribution in [2.24, 2.45) is 0 Å². The van der Waals surface area contributed by atoms with Crippen LogP contribution in [0, 0.1) is 6.92 Å². The van der Waals surface area contributed by atoms with Crippen molar-refractivity contribution in [2.75, 3.05) is 7.11 Å². The van der Waals surface area contributed by atoms with E-state index in [1.54, 1.807) is 0 Å². The van der Waals surface area contributed by atoms with Gasteiger partial charge in [-0.15, -0.1) is 0 Å². The number of carbonyl (C=O) groups excluding carboxylic acids is 1. The summed E-state index contributed by atoms with van der Waals surface area (Å²) < 4.78 is 4.91. The largest absolute Gasteiger partial charge is 0.468 e. The van der Waals surface area contributed by atoms with Crippen LogP contribution in [0.15, 0.2) is 18.2 Å². The van der Waals surface area contributed by atoms with Crippen molar-refractivity contribution in [1.82, 2.24) is 0 Å². The molecular formula is C16H24O2. The first-order chi connectivity index (χ1) is 8.10. The van der Waals surface area contributed by atoms with Crippen LogP contribution in [0.5, 0.6) is 0 Å². The number of benzene rings is 1. The second kappa shape index (κ2) is 4.75. The van der Waals surface area contributed by atoms with Crippen LogP contribution < -0.4 is 0 Å². The third-order valence-electron chi connectivity index (χ3n) is 3.47. The van der Waals surface area contributed by atoms with Gasteiger partial charge in [-0.3, -0.25) is 4.79 Å². The molecule has 0 aliphatic heterocycles. The highest BCUT2D eigenvalue weighted by molar-refractivity contribution is 5.82. The van der Waals surface area contributed by atoms with Gasteiger partial charge in [0.1, 0.15) is 0 Å². The highest BCUT2D eigenvalue weighted by Crippen LogP contribution is 2.32. The van der Waals surface area contributed by atoms with Gasteiger partial charge in [0.25, 0.3) is 0 Å². The van der Waals surface area contributed by atoms with Gasteiger partial charge >= 0.3 is 5.97 Å². The first-order valence-electron chi connectivity index (χ1n) is 6.30. The van der Waals surface area contributed by atoms with Crippen molar-refractivity contribution in [1.29, 1.82) is 0 Å². The number of hydrogen-bond donors (Lipinski definition) is 0. The normalized spacial score (nSPS) is 12.4. The average molecular weight is 248 g/mol. The van der Waals surface area contributed by atoms with E-state index < -0.39 is 5.41 Å². The molecule has 0 aromatic heterocycles. The second-order valence-corrected chi connectivity index (χ2v) is 6.40. The van der Waals surface area contributed by atoms with Crippen LogP contribution in [0.4, 0.5) is 0 Å². The van der Waals surface area contributed by atoms with E-state index in [0.29, 0.717) is 0 Å². The van der Waals surface area contributed by atoms with E-state index in [4.69, 9.17) is 4.74 Å². The third-order valence-corrected chi connectivity index (χ3v) is 3.47. The summed E-state index contributed by atoms with van der Waals surface area (Å²) in [6.45, 7) is 12.4. The van der Waals surface area contributed by atoms with Gasteiger partial charge in [0.05, 0.1) is 12.5 Å². The Morgan fingerprint density at radius 3 is 2.11 bits per heavy atom. The monoisotopic (exact) mass is 248 g/mol. The van der Waals surface area contributed by atoms with Crippen molar-refractivity contribution in [3.63, 3.8) is 0 Å². The summed E-state index contributed by atoms with van der Waals surface area (Å²) in [5, 5.41) is 0. The lowest BCUT2D eigenvalue weighted by Crippen LogP contribution is -2.31. The Labute approximate surface area is 110 Å². The maximum Gasteiger partial charge on any atom is 0.315 e. The Hall–Kier alpha value is -1.31. The van der Waals surface area contributed by atoms with E-state index in [1.165, 1.54) is 12.7 Å². The molecule has 2 heteroatoms. The minimum atomic E-state index is -0.611. The molecule has 0 N–H and O–H groups in total. The topological polar surface area (TPSA) is 26.3 Å². The van der Waals surface area contributed by atoms with E-state index in [-0.39, 0.29) is 11.4 Å². The number of carbonyl (C=O) groups is 1. The number of methoxy groups -OCH3 is 1. The molecule has 0 radical (unpaired) electrons. The van der Waals surface area contributed by atoms with Gasteiger partial charge in [-0.05, 0) is 42.9 Å². The predicted octanol–water partition coefficient (Wildman–Crippen LogP) is 3.74. The van der Waals surface area contributed by atoms with Crippen molar-refractivity contribution in [2.45, 2.75) is 52.4 Å². The molecule has 0 aliphatic rings. The molecule has 1 aromatic rings. The van der Waals surface area contributed by atoms with Crippen molar-refractivity contribution < 1.29 is 9.53 Å². The summed E-state index contributed by atoms with van der Waals surface area (Å²) in [6.07, 6.45) is 0. The van der Waals surface area contributed by atoms with E-state index in [1.807, 2.05) is 20.8 Å². The summed E-state index contributed by atoms with van der Waals surface area (Å²) in [5.41, 5.74) is 2.87. The Kier molecular flexibility index (Phi) is 3.89. The average Bonchev–Trinajstić information content (AvgIpc) is 2.26. The predicted molar refractivity (Wildman–Crippen MR) is 74.9 cm³/mol. The lowest BCUT2D eigenvalue weighted by Gasteiger charge is -2.27. The number of ether oxygens (including phenoxy) is 1. The van der Waals surface area contributed by atoms with Crippen LogP contribution in [-0.4, -0.2) is 13.1 Å². The fourth-order valence-electron chi connectivity index (χ4n) is 2.13. The highest BCUT2D eigenvalue weighted by Gasteiger charge is 2.33.